The van der Waals surface area contributed by atoms with Crippen LogP contribution in [0.5, 0.6) is 0 Å². The van der Waals surface area contributed by atoms with Crippen LogP contribution in [0.1, 0.15) is 33.1 Å². The number of nitrogens with zero attached hydrogens (tertiary/aromatic N) is 3. The van der Waals surface area contributed by atoms with Gasteiger partial charge in [-0.05, 0) is 42.2 Å². The second kappa shape index (κ2) is 8.67. The summed E-state index contributed by atoms with van der Waals surface area (Å²) >= 11 is 0. The van der Waals surface area contributed by atoms with E-state index in [0.29, 0.717) is 26.1 Å². The van der Waals surface area contributed by atoms with Gasteiger partial charge in [-0.2, -0.15) is 5.26 Å². The van der Waals surface area contributed by atoms with E-state index in [2.05, 4.69) is 30.6 Å². The van der Waals surface area contributed by atoms with Gasteiger partial charge in [-0.25, -0.2) is 0 Å². The minimum absolute atomic E-state index is 0.0166. The van der Waals surface area contributed by atoms with Gasteiger partial charge in [0, 0.05) is 37.7 Å². The van der Waals surface area contributed by atoms with Gasteiger partial charge in [0.15, 0.2) is 0 Å². The maximum absolute atomic E-state index is 13.6. The van der Waals surface area contributed by atoms with Crippen molar-refractivity contribution in [1.29, 1.82) is 5.26 Å². The highest BCUT2D eigenvalue weighted by atomic mass is 16.2. The molecule has 9 nitrogen and oxygen atoms in total. The molecule has 3 unspecified atom stereocenters. The molecule has 0 spiro atoms. The predicted octanol–water partition coefficient (Wildman–Crippen LogP) is 1.06. The molecule has 1 aromatic carbocycles. The molecule has 184 valence electrons. The molecule has 6 atom stereocenters. The third kappa shape index (κ3) is 4.05. The first-order chi connectivity index (χ1) is 16.7. The first-order valence-corrected chi connectivity index (χ1v) is 12.4. The van der Waals surface area contributed by atoms with E-state index in [1.54, 1.807) is 9.80 Å². The Kier molecular flexibility index (Phi) is 5.78. The molecule has 3 aliphatic heterocycles. The molecule has 35 heavy (non-hydrogen) atoms. The quantitative estimate of drug-likeness (QED) is 0.634. The summed E-state index contributed by atoms with van der Waals surface area (Å²) < 4.78 is 0. The number of piperidine rings is 1. The highest BCUT2D eigenvalue weighted by Crippen LogP contribution is 2.65. The highest BCUT2D eigenvalue weighted by molar-refractivity contribution is 6.01. The molecule has 5 rings (SSSR count). The third-order valence-corrected chi connectivity index (χ3v) is 8.46. The number of para-hydroxylation sites is 1. The highest BCUT2D eigenvalue weighted by Gasteiger charge is 2.69. The smallest absolute Gasteiger partial charge is 0.244 e. The van der Waals surface area contributed by atoms with E-state index in [-0.39, 0.29) is 59.6 Å². The van der Waals surface area contributed by atoms with Crippen LogP contribution < -0.4 is 15.5 Å². The van der Waals surface area contributed by atoms with E-state index in [1.165, 1.54) is 0 Å². The van der Waals surface area contributed by atoms with E-state index >= 15 is 0 Å². The summed E-state index contributed by atoms with van der Waals surface area (Å²) in [5, 5.41) is 15.2. The van der Waals surface area contributed by atoms with Gasteiger partial charge < -0.3 is 20.4 Å². The largest absolute Gasteiger partial charge is 0.356 e. The zero-order valence-electron chi connectivity index (χ0n) is 20.1. The first kappa shape index (κ1) is 23.3. The number of likely N-dealkylation sites (tertiary alicyclic amines) is 1. The second-order valence-corrected chi connectivity index (χ2v) is 10.8. The maximum atomic E-state index is 13.6. The van der Waals surface area contributed by atoms with Crippen molar-refractivity contribution in [3.05, 3.63) is 30.3 Å². The Morgan fingerprint density at radius 3 is 2.63 bits per heavy atom. The molecule has 4 aliphatic rings. The van der Waals surface area contributed by atoms with Gasteiger partial charge in [-0.1, -0.05) is 32.0 Å². The summed E-state index contributed by atoms with van der Waals surface area (Å²) in [4.78, 5) is 54.9. The molecule has 0 aromatic heterocycles. The Morgan fingerprint density at radius 1 is 1.23 bits per heavy atom. The lowest BCUT2D eigenvalue weighted by molar-refractivity contribution is -0.143. The summed E-state index contributed by atoms with van der Waals surface area (Å²) in [5.41, 5.74) is 0.703. The number of carbonyl (C=O) groups excluding carboxylic acids is 4. The van der Waals surface area contributed by atoms with Gasteiger partial charge in [-0.3, -0.25) is 19.2 Å². The van der Waals surface area contributed by atoms with Crippen LogP contribution in [0.15, 0.2) is 30.3 Å². The molecule has 9 heteroatoms. The van der Waals surface area contributed by atoms with Crippen LogP contribution in [-0.2, 0) is 19.2 Å². The van der Waals surface area contributed by atoms with E-state index in [0.717, 1.165) is 5.69 Å². The molecule has 0 radical (unpaired) electrons. The number of hydrogen-bond acceptors (Lipinski definition) is 5. The Hall–Kier alpha value is -3.41. The third-order valence-electron chi connectivity index (χ3n) is 8.46. The Morgan fingerprint density at radius 2 is 1.97 bits per heavy atom. The molecule has 0 bridgehead atoms. The number of hydrogen-bond donors (Lipinski definition) is 2. The number of amides is 4. The topological polar surface area (TPSA) is 123 Å². The number of nitrogens with one attached hydrogen (secondary N) is 2. The minimum atomic E-state index is -0.796. The standard InChI is InChI=1S/C26H31N5O4/c1-26(2)19-14-31(25(35)16-11-20(32)30(13-16)18-6-4-3-5-7-18)22(21(19)26)24(34)29-17(12-27)10-15-8-9-28-23(15)33/h3-7,15-17,19,21-22H,8-11,13-14H2,1-2H3,(H,28,33)(H,29,34)/t15-,16+,17-,19?,21?,22?/m0/s1. The first-order valence-electron chi connectivity index (χ1n) is 12.4. The molecule has 1 aliphatic carbocycles. The van der Waals surface area contributed by atoms with Gasteiger partial charge in [-0.15, -0.1) is 0 Å². The van der Waals surface area contributed by atoms with Gasteiger partial charge in [0.2, 0.25) is 23.6 Å². The lowest BCUT2D eigenvalue weighted by Crippen LogP contribution is -2.53. The molecule has 1 aromatic rings. The number of benzene rings is 1. The second-order valence-electron chi connectivity index (χ2n) is 10.8. The number of anilines is 1. The molecular formula is C26H31N5O4. The van der Waals surface area contributed by atoms with Crippen LogP contribution in [0.3, 0.4) is 0 Å². The zero-order valence-corrected chi connectivity index (χ0v) is 20.1. The molecule has 1 saturated carbocycles. The minimum Gasteiger partial charge on any atom is -0.356 e. The van der Waals surface area contributed by atoms with Crippen LogP contribution in [0.4, 0.5) is 5.69 Å². The van der Waals surface area contributed by atoms with Crippen LogP contribution in [0.25, 0.3) is 0 Å². The number of fused-ring (bicyclic) bond motifs is 1. The monoisotopic (exact) mass is 477 g/mol. The summed E-state index contributed by atoms with van der Waals surface area (Å²) in [6.07, 6.45) is 1.02. The van der Waals surface area contributed by atoms with E-state index in [9.17, 15) is 24.4 Å². The average molecular weight is 478 g/mol. The summed E-state index contributed by atoms with van der Waals surface area (Å²) in [6, 6.07) is 9.94. The van der Waals surface area contributed by atoms with Gasteiger partial charge in [0.25, 0.3) is 0 Å². The normalized spacial score (nSPS) is 31.5. The van der Waals surface area contributed by atoms with Crippen molar-refractivity contribution >= 4 is 29.3 Å². The fourth-order valence-corrected chi connectivity index (χ4v) is 6.33. The van der Waals surface area contributed by atoms with E-state index in [4.69, 9.17) is 0 Å². The fourth-order valence-electron chi connectivity index (χ4n) is 6.33. The molecule has 3 heterocycles. The van der Waals surface area contributed by atoms with Crippen molar-refractivity contribution in [2.45, 2.75) is 45.2 Å². The van der Waals surface area contributed by atoms with Crippen LogP contribution in [0.2, 0.25) is 0 Å². The van der Waals surface area contributed by atoms with Gasteiger partial charge in [0.1, 0.15) is 12.1 Å². The van der Waals surface area contributed by atoms with Crippen LogP contribution in [-0.4, -0.2) is 60.2 Å². The number of rotatable bonds is 6. The number of nitriles is 1. The molecular weight excluding hydrogens is 446 g/mol. The zero-order chi connectivity index (χ0) is 24.9. The van der Waals surface area contributed by atoms with Gasteiger partial charge >= 0.3 is 0 Å². The summed E-state index contributed by atoms with van der Waals surface area (Å²) in [7, 11) is 0. The van der Waals surface area contributed by atoms with Crippen LogP contribution >= 0.6 is 0 Å². The molecule has 4 fully saturated rings. The lowest BCUT2D eigenvalue weighted by Gasteiger charge is -2.32. The maximum Gasteiger partial charge on any atom is 0.244 e. The predicted molar refractivity (Wildman–Crippen MR) is 126 cm³/mol. The van der Waals surface area contributed by atoms with Crippen LogP contribution in [0, 0.1) is 40.4 Å². The van der Waals surface area contributed by atoms with Crippen molar-refractivity contribution in [3.63, 3.8) is 0 Å². The summed E-state index contributed by atoms with van der Waals surface area (Å²) in [6.45, 7) is 5.56. The Bertz CT molecular complexity index is 1100. The lowest BCUT2D eigenvalue weighted by atomic mass is 9.96. The molecule has 3 saturated heterocycles. The van der Waals surface area contributed by atoms with Gasteiger partial charge in [0.05, 0.1) is 12.0 Å². The molecule has 4 amide bonds. The fraction of sp³-hybridized carbons (Fsp3) is 0.577. The Balaban J connectivity index is 1.29. The van der Waals surface area contributed by atoms with Crippen molar-refractivity contribution in [2.24, 2.45) is 29.1 Å². The average Bonchev–Trinajstić information content (AvgIpc) is 3.33. The molecule has 2 N–H and O–H groups in total. The SMILES string of the molecule is CC1(C)C2CN(C(=O)[C@@H]3CC(=O)N(c4ccccc4)C3)C(C(=O)N[C@H](C#N)C[C@@H]3CCNC3=O)C21. The van der Waals surface area contributed by atoms with Crippen molar-refractivity contribution in [1.82, 2.24) is 15.5 Å². The summed E-state index contributed by atoms with van der Waals surface area (Å²) in [5.74, 6) is -1.27. The number of carbonyl (C=O) groups is 4. The Labute approximate surface area is 204 Å². The van der Waals surface area contributed by atoms with E-state index < -0.39 is 18.0 Å². The van der Waals surface area contributed by atoms with Crippen molar-refractivity contribution in [3.8, 4) is 6.07 Å². The van der Waals surface area contributed by atoms with E-state index in [1.807, 2.05) is 30.3 Å². The van der Waals surface area contributed by atoms with Crippen molar-refractivity contribution in [2.75, 3.05) is 24.5 Å². The van der Waals surface area contributed by atoms with Crippen molar-refractivity contribution < 1.29 is 19.2 Å².